The summed E-state index contributed by atoms with van der Waals surface area (Å²) in [6, 6.07) is 14.0. The first-order chi connectivity index (χ1) is 8.58. The predicted molar refractivity (Wildman–Crippen MR) is 82.6 cm³/mol. The van der Waals surface area contributed by atoms with Crippen molar-refractivity contribution in [3.63, 3.8) is 0 Å². The van der Waals surface area contributed by atoms with E-state index in [1.165, 1.54) is 5.56 Å². The van der Waals surface area contributed by atoms with Gasteiger partial charge in [0.25, 0.3) is 0 Å². The molecule has 0 nitrogen and oxygen atoms in total. The molecule has 0 aliphatic rings. The van der Waals surface area contributed by atoms with Crippen molar-refractivity contribution in [3.8, 4) is 0 Å². The highest BCUT2D eigenvalue weighted by Crippen LogP contribution is 2.33. The molecule has 0 bridgehead atoms. The van der Waals surface area contributed by atoms with Gasteiger partial charge in [0.15, 0.2) is 0 Å². The van der Waals surface area contributed by atoms with Crippen molar-refractivity contribution in [2.45, 2.75) is 18.7 Å². The summed E-state index contributed by atoms with van der Waals surface area (Å²) in [5.41, 5.74) is 3.39. The molecule has 0 fully saturated rings. The molecule has 0 saturated heterocycles. The molecule has 94 valence electrons. The molecular formula is C15H13BrCl2. The number of hydrogen-bond acceptors (Lipinski definition) is 0. The summed E-state index contributed by atoms with van der Waals surface area (Å²) in [5.74, 6) is 0. The maximum atomic E-state index is 6.50. The third-order valence-electron chi connectivity index (χ3n) is 2.85. The summed E-state index contributed by atoms with van der Waals surface area (Å²) >= 11 is 16.2. The predicted octanol–water partition coefficient (Wildman–Crippen LogP) is 5.93. The first kappa shape index (κ1) is 13.9. The zero-order chi connectivity index (χ0) is 13.1. The second kappa shape index (κ2) is 6.10. The molecule has 1 atom stereocenters. The van der Waals surface area contributed by atoms with Crippen LogP contribution in [0.5, 0.6) is 0 Å². The van der Waals surface area contributed by atoms with Crippen molar-refractivity contribution in [2.24, 2.45) is 0 Å². The van der Waals surface area contributed by atoms with E-state index < -0.39 is 0 Å². The Morgan fingerprint density at radius 2 is 1.89 bits per heavy atom. The fourth-order valence-electron chi connectivity index (χ4n) is 1.87. The number of alkyl halides is 1. The number of halogens is 3. The second-order valence-corrected chi connectivity index (χ2v) is 6.08. The van der Waals surface area contributed by atoms with Crippen LogP contribution in [0.3, 0.4) is 0 Å². The summed E-state index contributed by atoms with van der Waals surface area (Å²) < 4.78 is 1.04. The van der Waals surface area contributed by atoms with Gasteiger partial charge in [-0.25, -0.2) is 0 Å². The third-order valence-corrected chi connectivity index (χ3v) is 4.33. The van der Waals surface area contributed by atoms with Crippen LogP contribution in [0.2, 0.25) is 5.02 Å². The topological polar surface area (TPSA) is 0 Å². The molecule has 0 radical (unpaired) electrons. The Hall–Kier alpha value is -0.500. The lowest BCUT2D eigenvalue weighted by Crippen LogP contribution is -1.98. The Morgan fingerprint density at radius 3 is 2.61 bits per heavy atom. The largest absolute Gasteiger partial charge is 0.117 e. The van der Waals surface area contributed by atoms with E-state index in [4.69, 9.17) is 23.2 Å². The third kappa shape index (κ3) is 3.28. The second-order valence-electron chi connectivity index (χ2n) is 4.29. The van der Waals surface area contributed by atoms with Crippen molar-refractivity contribution in [1.82, 2.24) is 0 Å². The van der Waals surface area contributed by atoms with Crippen molar-refractivity contribution in [3.05, 3.63) is 68.7 Å². The van der Waals surface area contributed by atoms with Crippen molar-refractivity contribution in [1.29, 1.82) is 0 Å². The molecule has 0 aliphatic carbocycles. The molecule has 0 N–H and O–H groups in total. The standard InChI is InChI=1S/C15H13BrCl2/c1-10-6-7-13(16)12(8-10)15(18)9-11-4-2-3-5-14(11)17/h2-8,15H,9H2,1H3. The summed E-state index contributed by atoms with van der Waals surface area (Å²) in [6.45, 7) is 2.06. The molecular weight excluding hydrogens is 331 g/mol. The van der Waals surface area contributed by atoms with Gasteiger partial charge in [-0.2, -0.15) is 0 Å². The zero-order valence-corrected chi connectivity index (χ0v) is 13.1. The fraction of sp³-hybridized carbons (Fsp3) is 0.200. The van der Waals surface area contributed by atoms with Gasteiger partial charge in [0.1, 0.15) is 0 Å². The average molecular weight is 344 g/mol. The minimum absolute atomic E-state index is 0.0841. The van der Waals surface area contributed by atoms with Crippen LogP contribution in [0, 0.1) is 6.92 Å². The first-order valence-corrected chi connectivity index (χ1v) is 7.32. The highest BCUT2D eigenvalue weighted by Gasteiger charge is 2.14. The molecule has 2 aromatic rings. The molecule has 0 saturated carbocycles. The van der Waals surface area contributed by atoms with Gasteiger partial charge in [-0.15, -0.1) is 11.6 Å². The fourth-order valence-corrected chi connectivity index (χ4v) is 3.08. The van der Waals surface area contributed by atoms with Crippen LogP contribution in [0.15, 0.2) is 46.9 Å². The van der Waals surface area contributed by atoms with E-state index in [2.05, 4.69) is 35.0 Å². The number of aryl methyl sites for hydroxylation is 1. The highest BCUT2D eigenvalue weighted by molar-refractivity contribution is 9.10. The van der Waals surface area contributed by atoms with Crippen LogP contribution in [0.25, 0.3) is 0 Å². The van der Waals surface area contributed by atoms with E-state index in [0.717, 1.165) is 27.0 Å². The van der Waals surface area contributed by atoms with E-state index in [1.807, 2.05) is 30.3 Å². The lowest BCUT2D eigenvalue weighted by Gasteiger charge is -2.13. The van der Waals surface area contributed by atoms with Crippen LogP contribution < -0.4 is 0 Å². The molecule has 2 rings (SSSR count). The number of benzene rings is 2. The molecule has 3 heteroatoms. The van der Waals surface area contributed by atoms with Crippen molar-refractivity contribution in [2.75, 3.05) is 0 Å². The van der Waals surface area contributed by atoms with Crippen LogP contribution in [0.1, 0.15) is 22.1 Å². The van der Waals surface area contributed by atoms with Crippen LogP contribution >= 0.6 is 39.1 Å². The van der Waals surface area contributed by atoms with Gasteiger partial charge in [-0.3, -0.25) is 0 Å². The van der Waals surface area contributed by atoms with Crippen LogP contribution in [-0.4, -0.2) is 0 Å². The lowest BCUT2D eigenvalue weighted by molar-refractivity contribution is 0.913. The first-order valence-electron chi connectivity index (χ1n) is 5.71. The molecule has 0 spiro atoms. The van der Waals surface area contributed by atoms with E-state index in [9.17, 15) is 0 Å². The zero-order valence-electron chi connectivity index (χ0n) is 9.96. The van der Waals surface area contributed by atoms with Gasteiger partial charge in [-0.1, -0.05) is 63.4 Å². The maximum absolute atomic E-state index is 6.50. The van der Waals surface area contributed by atoms with Crippen LogP contribution in [-0.2, 0) is 6.42 Å². The Morgan fingerprint density at radius 1 is 1.17 bits per heavy atom. The summed E-state index contributed by atoms with van der Waals surface area (Å²) in [4.78, 5) is 0. The quantitative estimate of drug-likeness (QED) is 0.605. The van der Waals surface area contributed by atoms with Gasteiger partial charge in [0, 0.05) is 9.50 Å². The highest BCUT2D eigenvalue weighted by atomic mass is 79.9. The van der Waals surface area contributed by atoms with Crippen molar-refractivity contribution >= 4 is 39.1 Å². The number of rotatable bonds is 3. The summed E-state index contributed by atoms with van der Waals surface area (Å²) in [6.07, 6.45) is 0.725. The normalized spacial score (nSPS) is 12.4. The minimum Gasteiger partial charge on any atom is -0.117 e. The van der Waals surface area contributed by atoms with E-state index >= 15 is 0 Å². The SMILES string of the molecule is Cc1ccc(Br)c(C(Cl)Cc2ccccc2Cl)c1. The van der Waals surface area contributed by atoms with E-state index in [-0.39, 0.29) is 5.38 Å². The Kier molecular flexibility index (Phi) is 4.71. The summed E-state index contributed by atoms with van der Waals surface area (Å²) in [5, 5.41) is 0.686. The van der Waals surface area contributed by atoms with Gasteiger partial charge in [-0.05, 0) is 36.6 Å². The van der Waals surface area contributed by atoms with E-state index in [0.29, 0.717) is 0 Å². The monoisotopic (exact) mass is 342 g/mol. The lowest BCUT2D eigenvalue weighted by atomic mass is 10.0. The van der Waals surface area contributed by atoms with Gasteiger partial charge < -0.3 is 0 Å². The Bertz CT molecular complexity index is 552. The van der Waals surface area contributed by atoms with E-state index in [1.54, 1.807) is 0 Å². The Balaban J connectivity index is 2.25. The summed E-state index contributed by atoms with van der Waals surface area (Å²) in [7, 11) is 0. The molecule has 0 heterocycles. The smallest absolute Gasteiger partial charge is 0.0637 e. The molecule has 0 amide bonds. The van der Waals surface area contributed by atoms with Crippen LogP contribution in [0.4, 0.5) is 0 Å². The molecule has 0 aromatic heterocycles. The average Bonchev–Trinajstić information content (AvgIpc) is 2.35. The molecule has 2 aromatic carbocycles. The Labute approximate surface area is 126 Å². The minimum atomic E-state index is -0.0841. The van der Waals surface area contributed by atoms with Gasteiger partial charge in [0.2, 0.25) is 0 Å². The molecule has 0 aliphatic heterocycles. The van der Waals surface area contributed by atoms with Crippen molar-refractivity contribution < 1.29 is 0 Å². The maximum Gasteiger partial charge on any atom is 0.0637 e. The molecule has 18 heavy (non-hydrogen) atoms. The molecule has 1 unspecified atom stereocenters. The number of hydrogen-bond donors (Lipinski definition) is 0. The van der Waals surface area contributed by atoms with Gasteiger partial charge in [0.05, 0.1) is 5.38 Å². The van der Waals surface area contributed by atoms with Gasteiger partial charge >= 0.3 is 0 Å².